The molecule has 0 saturated carbocycles. The van der Waals surface area contributed by atoms with Crippen LogP contribution in [0.2, 0.25) is 5.02 Å². The minimum Gasteiger partial charge on any atom is -0.463 e. The Morgan fingerprint density at radius 2 is 2.00 bits per heavy atom. The van der Waals surface area contributed by atoms with E-state index in [-0.39, 0.29) is 4.90 Å². The molecule has 1 aromatic carbocycles. The Morgan fingerprint density at radius 1 is 1.29 bits per heavy atom. The number of hydrogen-bond donors (Lipinski definition) is 0. The molecule has 0 saturated heterocycles. The van der Waals surface area contributed by atoms with Crippen LogP contribution >= 0.6 is 22.3 Å². The number of halogens is 2. The van der Waals surface area contributed by atoms with Crippen molar-refractivity contribution in [3.63, 3.8) is 0 Å². The first kappa shape index (κ1) is 9.83. The standard InChI is InChI=1S/C8H4Cl2O3S/c9-7-4-13-8-2-1-5(3-6(7)8)14(10,11)12/h1-4H. The van der Waals surface area contributed by atoms with Crippen LogP contribution in [-0.4, -0.2) is 8.42 Å². The average Bonchev–Trinajstić information content (AvgIpc) is 2.46. The highest BCUT2D eigenvalue weighted by Gasteiger charge is 2.12. The van der Waals surface area contributed by atoms with Gasteiger partial charge in [-0.15, -0.1) is 0 Å². The Hall–Kier alpha value is -0.710. The van der Waals surface area contributed by atoms with Crippen molar-refractivity contribution in [1.29, 1.82) is 0 Å². The molecule has 0 amide bonds. The molecule has 2 aromatic rings. The third kappa shape index (κ3) is 1.61. The fourth-order valence-corrected chi connectivity index (χ4v) is 2.10. The molecule has 0 radical (unpaired) electrons. The summed E-state index contributed by atoms with van der Waals surface area (Å²) in [4.78, 5) is 0.00923. The van der Waals surface area contributed by atoms with Gasteiger partial charge in [-0.25, -0.2) is 8.42 Å². The Labute approximate surface area is 89.6 Å². The van der Waals surface area contributed by atoms with E-state index in [4.69, 9.17) is 26.7 Å². The fourth-order valence-electron chi connectivity index (χ4n) is 1.13. The Bertz CT molecular complexity index is 586. The summed E-state index contributed by atoms with van der Waals surface area (Å²) >= 11 is 5.76. The lowest BCUT2D eigenvalue weighted by atomic mass is 10.3. The number of benzene rings is 1. The van der Waals surface area contributed by atoms with Gasteiger partial charge in [-0.3, -0.25) is 0 Å². The van der Waals surface area contributed by atoms with E-state index in [9.17, 15) is 8.42 Å². The zero-order chi connectivity index (χ0) is 10.3. The van der Waals surface area contributed by atoms with Gasteiger partial charge in [-0.2, -0.15) is 0 Å². The van der Waals surface area contributed by atoms with Crippen molar-refractivity contribution in [2.24, 2.45) is 0 Å². The van der Waals surface area contributed by atoms with E-state index in [1.54, 1.807) is 0 Å². The van der Waals surface area contributed by atoms with Crippen molar-refractivity contribution >= 4 is 42.3 Å². The van der Waals surface area contributed by atoms with E-state index >= 15 is 0 Å². The molecule has 2 rings (SSSR count). The van der Waals surface area contributed by atoms with Crippen LogP contribution in [0.4, 0.5) is 0 Å². The molecule has 74 valence electrons. The minimum absolute atomic E-state index is 0.00923. The highest BCUT2D eigenvalue weighted by Crippen LogP contribution is 2.28. The molecular weight excluding hydrogens is 247 g/mol. The van der Waals surface area contributed by atoms with Gasteiger partial charge in [0, 0.05) is 16.1 Å². The summed E-state index contributed by atoms with van der Waals surface area (Å²) in [5.74, 6) is 0. The lowest BCUT2D eigenvalue weighted by Crippen LogP contribution is -1.88. The molecule has 6 heteroatoms. The second-order valence-corrected chi connectivity index (χ2v) is 5.65. The first-order valence-corrected chi connectivity index (χ1v) is 6.28. The molecule has 0 unspecified atom stereocenters. The van der Waals surface area contributed by atoms with Crippen LogP contribution in [0, 0.1) is 0 Å². The number of hydrogen-bond acceptors (Lipinski definition) is 3. The molecule has 0 aliphatic carbocycles. The lowest BCUT2D eigenvalue weighted by Gasteiger charge is -1.95. The van der Waals surface area contributed by atoms with Crippen molar-refractivity contribution in [2.75, 3.05) is 0 Å². The summed E-state index contributed by atoms with van der Waals surface area (Å²) in [6, 6.07) is 4.25. The van der Waals surface area contributed by atoms with E-state index < -0.39 is 9.05 Å². The van der Waals surface area contributed by atoms with Gasteiger partial charge in [0.2, 0.25) is 0 Å². The zero-order valence-corrected chi connectivity index (χ0v) is 9.03. The fraction of sp³-hybridized carbons (Fsp3) is 0. The van der Waals surface area contributed by atoms with Gasteiger partial charge in [0.1, 0.15) is 11.8 Å². The average molecular weight is 251 g/mol. The van der Waals surface area contributed by atoms with Crippen LogP contribution in [0.3, 0.4) is 0 Å². The largest absolute Gasteiger partial charge is 0.463 e. The number of fused-ring (bicyclic) bond motifs is 1. The predicted octanol–water partition coefficient (Wildman–Crippen LogP) is 3.01. The van der Waals surface area contributed by atoms with Crippen LogP contribution in [0.1, 0.15) is 0 Å². The van der Waals surface area contributed by atoms with Gasteiger partial charge >= 0.3 is 0 Å². The summed E-state index contributed by atoms with van der Waals surface area (Å²) in [6.07, 6.45) is 1.34. The van der Waals surface area contributed by atoms with Gasteiger partial charge in [0.15, 0.2) is 0 Å². The Balaban J connectivity index is 2.79. The molecule has 0 bridgehead atoms. The van der Waals surface area contributed by atoms with E-state index in [1.807, 2.05) is 0 Å². The van der Waals surface area contributed by atoms with Crippen LogP contribution < -0.4 is 0 Å². The normalized spacial score (nSPS) is 12.1. The highest BCUT2D eigenvalue weighted by atomic mass is 35.7. The van der Waals surface area contributed by atoms with Gasteiger partial charge in [0.05, 0.1) is 9.92 Å². The third-order valence-electron chi connectivity index (χ3n) is 1.78. The Morgan fingerprint density at radius 3 is 2.64 bits per heavy atom. The summed E-state index contributed by atoms with van der Waals surface area (Å²) in [5, 5.41) is 0.899. The first-order chi connectivity index (χ1) is 6.48. The third-order valence-corrected chi connectivity index (χ3v) is 3.42. The second-order valence-electron chi connectivity index (χ2n) is 2.68. The summed E-state index contributed by atoms with van der Waals surface area (Å²) in [6.45, 7) is 0. The molecule has 0 N–H and O–H groups in total. The quantitative estimate of drug-likeness (QED) is 0.732. The summed E-state index contributed by atoms with van der Waals surface area (Å²) in [7, 11) is 1.46. The number of rotatable bonds is 1. The van der Waals surface area contributed by atoms with Crippen LogP contribution in [0.5, 0.6) is 0 Å². The maximum Gasteiger partial charge on any atom is 0.261 e. The van der Waals surface area contributed by atoms with Crippen LogP contribution in [0.25, 0.3) is 11.0 Å². The molecule has 3 nitrogen and oxygen atoms in total. The SMILES string of the molecule is O=S(=O)(Cl)c1ccc2occ(Cl)c2c1. The Kier molecular flexibility index (Phi) is 2.21. The molecule has 0 spiro atoms. The van der Waals surface area contributed by atoms with Crippen molar-refractivity contribution in [1.82, 2.24) is 0 Å². The van der Waals surface area contributed by atoms with Gasteiger partial charge < -0.3 is 4.42 Å². The minimum atomic E-state index is -3.72. The molecule has 0 fully saturated rings. The molecule has 0 aliphatic heterocycles. The number of furan rings is 1. The molecular formula is C8H4Cl2O3S. The van der Waals surface area contributed by atoms with Gasteiger partial charge in [0.25, 0.3) is 9.05 Å². The van der Waals surface area contributed by atoms with E-state index in [0.29, 0.717) is 16.0 Å². The summed E-state index contributed by atoms with van der Waals surface area (Å²) in [5.41, 5.74) is 0.527. The molecule has 1 aromatic heterocycles. The van der Waals surface area contributed by atoms with Gasteiger partial charge in [-0.05, 0) is 18.2 Å². The highest BCUT2D eigenvalue weighted by molar-refractivity contribution is 8.13. The summed E-state index contributed by atoms with van der Waals surface area (Å²) < 4.78 is 27.0. The monoisotopic (exact) mass is 250 g/mol. The first-order valence-electron chi connectivity index (χ1n) is 3.60. The second kappa shape index (κ2) is 3.15. The predicted molar refractivity (Wildman–Crippen MR) is 54.3 cm³/mol. The molecule has 0 atom stereocenters. The van der Waals surface area contributed by atoms with Crippen molar-refractivity contribution in [2.45, 2.75) is 4.90 Å². The van der Waals surface area contributed by atoms with Crippen LogP contribution in [-0.2, 0) is 9.05 Å². The molecule has 14 heavy (non-hydrogen) atoms. The van der Waals surface area contributed by atoms with E-state index in [2.05, 4.69) is 0 Å². The molecule has 1 heterocycles. The lowest BCUT2D eigenvalue weighted by molar-refractivity contribution is 0.609. The van der Waals surface area contributed by atoms with Crippen molar-refractivity contribution in [3.8, 4) is 0 Å². The smallest absolute Gasteiger partial charge is 0.261 e. The van der Waals surface area contributed by atoms with Crippen molar-refractivity contribution < 1.29 is 12.8 Å². The topological polar surface area (TPSA) is 47.3 Å². The maximum absolute atomic E-state index is 11.0. The maximum atomic E-state index is 11.0. The van der Waals surface area contributed by atoms with Crippen molar-refractivity contribution in [3.05, 3.63) is 29.5 Å². The zero-order valence-electron chi connectivity index (χ0n) is 6.70. The van der Waals surface area contributed by atoms with Gasteiger partial charge in [-0.1, -0.05) is 11.6 Å². The van der Waals surface area contributed by atoms with E-state index in [0.717, 1.165) is 0 Å². The van der Waals surface area contributed by atoms with E-state index in [1.165, 1.54) is 24.5 Å². The van der Waals surface area contributed by atoms with Crippen LogP contribution in [0.15, 0.2) is 33.8 Å². The molecule has 0 aliphatic rings.